The van der Waals surface area contributed by atoms with Gasteiger partial charge in [0.25, 0.3) is 0 Å². The molecule has 0 spiro atoms. The molecule has 0 saturated heterocycles. The van der Waals surface area contributed by atoms with Crippen molar-refractivity contribution in [2.75, 3.05) is 18.5 Å². The number of anilines is 1. The molecular weight excluding hydrogens is 404 g/mol. The van der Waals surface area contributed by atoms with Crippen LogP contribution in [-0.2, 0) is 0 Å². The molecule has 0 bridgehead atoms. The largest absolute Gasteiger partial charge is 0.394 e. The molecule has 3 rings (SSSR count). The molecule has 0 radical (unpaired) electrons. The summed E-state index contributed by atoms with van der Waals surface area (Å²) < 4.78 is 2.08. The lowest BCUT2D eigenvalue weighted by Crippen LogP contribution is -2.32. The molecule has 8 nitrogen and oxygen atoms in total. The highest BCUT2D eigenvalue weighted by Crippen LogP contribution is 2.29. The lowest BCUT2D eigenvalue weighted by molar-refractivity contribution is 0.235. The van der Waals surface area contributed by atoms with Crippen LogP contribution in [0.1, 0.15) is 70.8 Å². The number of benzene rings is 1. The van der Waals surface area contributed by atoms with E-state index in [9.17, 15) is 10.2 Å². The van der Waals surface area contributed by atoms with Gasteiger partial charge in [0.05, 0.1) is 36.5 Å². The number of hydrogen-bond donors (Lipinski definition) is 4. The summed E-state index contributed by atoms with van der Waals surface area (Å²) in [5, 5.41) is 31.2. The van der Waals surface area contributed by atoms with Crippen molar-refractivity contribution in [3.63, 3.8) is 0 Å². The molecule has 0 fully saturated rings. The van der Waals surface area contributed by atoms with Crippen molar-refractivity contribution in [3.05, 3.63) is 47.2 Å². The topological polar surface area (TPSA) is 111 Å². The highest BCUT2D eigenvalue weighted by atomic mass is 16.3. The molecule has 2 atom stereocenters. The van der Waals surface area contributed by atoms with Gasteiger partial charge in [-0.15, -0.1) is 0 Å². The van der Waals surface area contributed by atoms with Crippen LogP contribution in [0.5, 0.6) is 0 Å². The van der Waals surface area contributed by atoms with Crippen LogP contribution in [-0.4, -0.2) is 49.2 Å². The van der Waals surface area contributed by atoms with E-state index in [-0.39, 0.29) is 43.2 Å². The summed E-state index contributed by atoms with van der Waals surface area (Å²) in [6.07, 6.45) is 0. The molecule has 1 aromatic carbocycles. The number of aromatic amines is 1. The first-order valence-electron chi connectivity index (χ1n) is 11.4. The summed E-state index contributed by atoms with van der Waals surface area (Å²) in [6, 6.07) is 9.26. The monoisotopic (exact) mass is 440 g/mol. The summed E-state index contributed by atoms with van der Waals surface area (Å²) >= 11 is 0. The van der Waals surface area contributed by atoms with Gasteiger partial charge in [-0.3, -0.25) is 5.10 Å². The van der Waals surface area contributed by atoms with E-state index in [2.05, 4.69) is 47.8 Å². The Bertz CT molecular complexity index is 1090. The third-order valence-electron chi connectivity index (χ3n) is 5.69. The van der Waals surface area contributed by atoms with E-state index >= 15 is 0 Å². The second-order valence-corrected chi connectivity index (χ2v) is 9.13. The van der Waals surface area contributed by atoms with E-state index in [4.69, 9.17) is 9.98 Å². The smallest absolute Gasteiger partial charge is 0.228 e. The van der Waals surface area contributed by atoms with Gasteiger partial charge < -0.3 is 20.1 Å². The van der Waals surface area contributed by atoms with Crippen molar-refractivity contribution in [2.45, 2.75) is 65.6 Å². The van der Waals surface area contributed by atoms with Gasteiger partial charge in [0.1, 0.15) is 0 Å². The summed E-state index contributed by atoms with van der Waals surface area (Å²) in [6.45, 7) is 12.4. The molecule has 0 aliphatic rings. The Morgan fingerprint density at radius 2 is 1.72 bits per heavy atom. The Morgan fingerprint density at radius 3 is 2.25 bits per heavy atom. The van der Waals surface area contributed by atoms with Gasteiger partial charge in [0, 0.05) is 6.04 Å². The van der Waals surface area contributed by atoms with E-state index in [1.165, 1.54) is 0 Å². The molecule has 0 saturated carbocycles. The maximum atomic E-state index is 10.1. The molecule has 0 aliphatic heterocycles. The lowest BCUT2D eigenvalue weighted by Gasteiger charge is -2.21. The fourth-order valence-electron chi connectivity index (χ4n) is 3.78. The molecule has 0 aliphatic carbocycles. The van der Waals surface area contributed by atoms with Crippen molar-refractivity contribution in [2.24, 2.45) is 10.9 Å². The summed E-state index contributed by atoms with van der Waals surface area (Å²) in [7, 11) is 0. The van der Waals surface area contributed by atoms with Crippen molar-refractivity contribution in [1.29, 1.82) is 0 Å². The van der Waals surface area contributed by atoms with Gasteiger partial charge in [-0.1, -0.05) is 58.0 Å². The van der Waals surface area contributed by atoms with Crippen LogP contribution >= 0.6 is 0 Å². The van der Waals surface area contributed by atoms with Gasteiger partial charge in [-0.05, 0) is 31.2 Å². The molecule has 0 unspecified atom stereocenters. The van der Waals surface area contributed by atoms with Crippen LogP contribution < -0.4 is 10.9 Å². The van der Waals surface area contributed by atoms with Gasteiger partial charge >= 0.3 is 0 Å². The first-order valence-corrected chi connectivity index (χ1v) is 11.4. The minimum absolute atomic E-state index is 0.0516. The number of nitrogens with zero attached hydrogens (tertiary/aromatic N) is 4. The number of aliphatic hydroxyl groups is 2. The van der Waals surface area contributed by atoms with Crippen LogP contribution in [0.2, 0.25) is 0 Å². The average Bonchev–Trinajstić information content (AvgIpc) is 3.21. The van der Waals surface area contributed by atoms with Gasteiger partial charge in [-0.25, -0.2) is 4.99 Å². The minimum atomic E-state index is -0.340. The fourth-order valence-corrected chi connectivity index (χ4v) is 3.78. The predicted molar refractivity (Wildman–Crippen MR) is 128 cm³/mol. The Kier molecular flexibility index (Phi) is 7.69. The number of fused-ring (bicyclic) bond motifs is 1. The Hall–Kier alpha value is -2.71. The first-order chi connectivity index (χ1) is 15.3. The number of rotatable bonds is 9. The van der Waals surface area contributed by atoms with E-state index in [0.717, 1.165) is 16.8 Å². The van der Waals surface area contributed by atoms with Crippen molar-refractivity contribution >= 4 is 16.9 Å². The van der Waals surface area contributed by atoms with E-state index < -0.39 is 0 Å². The Labute approximate surface area is 189 Å². The van der Waals surface area contributed by atoms with E-state index in [1.54, 1.807) is 0 Å². The number of aromatic nitrogens is 4. The normalized spacial score (nSPS) is 14.7. The second-order valence-electron chi connectivity index (χ2n) is 9.13. The molecule has 8 heteroatoms. The van der Waals surface area contributed by atoms with E-state index in [0.29, 0.717) is 17.0 Å². The van der Waals surface area contributed by atoms with Gasteiger partial charge in [0.15, 0.2) is 11.3 Å². The van der Waals surface area contributed by atoms with Crippen LogP contribution in [0.15, 0.2) is 35.3 Å². The summed E-state index contributed by atoms with van der Waals surface area (Å²) in [5.41, 5.74) is 4.15. The van der Waals surface area contributed by atoms with Crippen molar-refractivity contribution < 1.29 is 10.2 Å². The highest BCUT2D eigenvalue weighted by molar-refractivity contribution is 5.87. The second kappa shape index (κ2) is 10.3. The molecule has 4 N–H and O–H groups in total. The maximum Gasteiger partial charge on any atom is 0.228 e. The molecule has 32 heavy (non-hydrogen) atoms. The number of H-pyrrole nitrogens is 1. The van der Waals surface area contributed by atoms with Crippen LogP contribution in [0.3, 0.4) is 0 Å². The zero-order valence-corrected chi connectivity index (χ0v) is 19.9. The Morgan fingerprint density at radius 1 is 1.03 bits per heavy atom. The molecule has 174 valence electrons. The van der Waals surface area contributed by atoms with Crippen LogP contribution in [0.25, 0.3) is 11.0 Å². The van der Waals surface area contributed by atoms with Gasteiger partial charge in [0.2, 0.25) is 5.62 Å². The SMILES string of the molecule is CC(C)c1[nH]nc2c(N[C@H](CO)c3ccccc3)nc(=N[C@@H](CO)C(C)C)n(C(C)C)c12. The zero-order chi connectivity index (χ0) is 23.4. The number of nitrogens with one attached hydrogen (secondary N) is 2. The quantitative estimate of drug-likeness (QED) is 0.407. The molecular formula is C24H36N6O2. The van der Waals surface area contributed by atoms with Crippen LogP contribution in [0, 0.1) is 5.92 Å². The first kappa shape index (κ1) is 23.9. The van der Waals surface area contributed by atoms with Crippen molar-refractivity contribution in [3.8, 4) is 0 Å². The summed E-state index contributed by atoms with van der Waals surface area (Å²) in [5.74, 6) is 0.940. The molecule has 2 heterocycles. The van der Waals surface area contributed by atoms with Crippen molar-refractivity contribution in [1.82, 2.24) is 19.7 Å². The molecule has 2 aromatic heterocycles. The summed E-state index contributed by atoms with van der Waals surface area (Å²) in [4.78, 5) is 9.71. The lowest BCUT2D eigenvalue weighted by atomic mass is 10.1. The maximum absolute atomic E-state index is 10.1. The molecule has 0 amide bonds. The molecule has 3 aromatic rings. The highest BCUT2D eigenvalue weighted by Gasteiger charge is 2.23. The van der Waals surface area contributed by atoms with E-state index in [1.807, 2.05) is 44.2 Å². The zero-order valence-electron chi connectivity index (χ0n) is 19.9. The Balaban J connectivity index is 2.29. The minimum Gasteiger partial charge on any atom is -0.394 e. The third-order valence-corrected chi connectivity index (χ3v) is 5.69. The van der Waals surface area contributed by atoms with Crippen LogP contribution in [0.4, 0.5) is 5.82 Å². The fraction of sp³-hybridized carbons (Fsp3) is 0.542. The number of hydrogen-bond acceptors (Lipinski definition) is 6. The standard InChI is InChI=1S/C24H36N6O2/c1-14(2)18(12-31)26-24-27-23(25-19(13-32)17-10-8-7-9-11-17)21-22(30(24)16(5)6)20(15(3)4)28-29-21/h7-11,14-16,18-19,31-32H,12-13H2,1-6H3,(H,28,29)(H,25,26,27)/t18-,19+/m0/s1. The number of aliphatic hydroxyl groups excluding tert-OH is 2. The van der Waals surface area contributed by atoms with Gasteiger partial charge in [-0.2, -0.15) is 10.1 Å². The predicted octanol–water partition coefficient (Wildman–Crippen LogP) is 3.53. The third kappa shape index (κ3) is 4.86. The average molecular weight is 441 g/mol.